The number of carbonyl (C=O) groups excluding carboxylic acids is 2. The number of unbranched alkanes of at least 4 members (excludes halogenated alkanes) is 3. The molecule has 1 unspecified atom stereocenters. The van der Waals surface area contributed by atoms with Gasteiger partial charge in [-0.15, -0.1) is 0 Å². The summed E-state index contributed by atoms with van der Waals surface area (Å²) in [6.45, 7) is 3.03. The van der Waals surface area contributed by atoms with Crippen LogP contribution in [0.4, 0.5) is 0 Å². The van der Waals surface area contributed by atoms with Crippen LogP contribution in [0.5, 0.6) is 0 Å². The minimum atomic E-state index is -0.406. The molecule has 162 valence electrons. The fourth-order valence-electron chi connectivity index (χ4n) is 3.92. The van der Waals surface area contributed by atoms with E-state index in [-0.39, 0.29) is 17.9 Å². The lowest BCUT2D eigenvalue weighted by Gasteiger charge is -2.26. The molecule has 1 aliphatic heterocycles. The third kappa shape index (κ3) is 8.75. The van der Waals surface area contributed by atoms with Crippen LogP contribution in [0.3, 0.4) is 0 Å². The van der Waals surface area contributed by atoms with Crippen molar-refractivity contribution < 1.29 is 19.4 Å². The molecular formula is C23H34ClNO4. The Balaban J connectivity index is 1.64. The van der Waals surface area contributed by atoms with Crippen molar-refractivity contribution in [1.29, 1.82) is 0 Å². The molecule has 5 nitrogen and oxygen atoms in total. The molecule has 1 saturated heterocycles. The summed E-state index contributed by atoms with van der Waals surface area (Å²) in [7, 11) is 0. The van der Waals surface area contributed by atoms with Crippen LogP contribution in [-0.2, 0) is 20.7 Å². The smallest absolute Gasteiger partial charge is 0.305 e. The molecule has 0 radical (unpaired) electrons. The molecule has 2 rings (SSSR count). The molecule has 0 aromatic heterocycles. The minimum absolute atomic E-state index is 0.126. The number of carbonyl (C=O) groups is 2. The number of hydrogen-bond acceptors (Lipinski definition) is 4. The van der Waals surface area contributed by atoms with Crippen LogP contribution >= 0.6 is 11.6 Å². The first-order valence-corrected chi connectivity index (χ1v) is 11.2. The first-order chi connectivity index (χ1) is 14.0. The van der Waals surface area contributed by atoms with Gasteiger partial charge in [0.1, 0.15) is 0 Å². The Morgan fingerprint density at radius 2 is 1.97 bits per heavy atom. The van der Waals surface area contributed by atoms with Crippen molar-refractivity contribution in [3.63, 3.8) is 0 Å². The molecule has 29 heavy (non-hydrogen) atoms. The maximum atomic E-state index is 12.2. The van der Waals surface area contributed by atoms with Gasteiger partial charge in [0.25, 0.3) is 0 Å². The van der Waals surface area contributed by atoms with Crippen molar-refractivity contribution in [2.75, 3.05) is 13.2 Å². The number of likely N-dealkylation sites (tertiary alicyclic amines) is 1. The monoisotopic (exact) mass is 423 g/mol. The average Bonchev–Trinajstić information content (AvgIpc) is 3.04. The molecule has 1 heterocycles. The third-order valence-corrected chi connectivity index (χ3v) is 5.76. The van der Waals surface area contributed by atoms with E-state index in [2.05, 4.69) is 0 Å². The van der Waals surface area contributed by atoms with Gasteiger partial charge in [0.2, 0.25) is 5.91 Å². The number of halogens is 1. The number of ether oxygens (including phenoxy) is 1. The molecule has 0 aliphatic carbocycles. The van der Waals surface area contributed by atoms with Crippen molar-refractivity contribution in [2.24, 2.45) is 0 Å². The molecule has 1 amide bonds. The molecule has 0 bridgehead atoms. The number of hydrogen-bond donors (Lipinski definition) is 1. The lowest BCUT2D eigenvalue weighted by atomic mass is 10.0. The fraction of sp³-hybridized carbons (Fsp3) is 0.652. The quantitative estimate of drug-likeness (QED) is 0.374. The first kappa shape index (κ1) is 23.7. The highest BCUT2D eigenvalue weighted by Gasteiger charge is 2.30. The maximum absolute atomic E-state index is 12.2. The predicted octanol–water partition coefficient (Wildman–Crippen LogP) is 4.53. The maximum Gasteiger partial charge on any atom is 0.305 e. The summed E-state index contributed by atoms with van der Waals surface area (Å²) >= 11 is 5.90. The van der Waals surface area contributed by atoms with Gasteiger partial charge in [-0.2, -0.15) is 0 Å². The van der Waals surface area contributed by atoms with Gasteiger partial charge in [-0.25, -0.2) is 0 Å². The fourth-order valence-corrected chi connectivity index (χ4v) is 4.04. The Morgan fingerprint density at radius 1 is 1.24 bits per heavy atom. The second-order valence-corrected chi connectivity index (χ2v) is 8.25. The number of esters is 1. The van der Waals surface area contributed by atoms with E-state index in [1.807, 2.05) is 36.1 Å². The Bertz CT molecular complexity index is 634. The van der Waals surface area contributed by atoms with Gasteiger partial charge in [-0.3, -0.25) is 9.59 Å². The Morgan fingerprint density at radius 3 is 2.69 bits per heavy atom. The zero-order chi connectivity index (χ0) is 21.1. The number of benzene rings is 1. The van der Waals surface area contributed by atoms with Crippen LogP contribution < -0.4 is 0 Å². The predicted molar refractivity (Wildman–Crippen MR) is 115 cm³/mol. The van der Waals surface area contributed by atoms with Crippen molar-refractivity contribution in [3.8, 4) is 0 Å². The molecule has 1 N–H and O–H groups in total. The molecule has 1 aromatic carbocycles. The second-order valence-electron chi connectivity index (χ2n) is 7.81. The summed E-state index contributed by atoms with van der Waals surface area (Å²) in [4.78, 5) is 25.6. The number of rotatable bonds is 13. The number of amides is 1. The van der Waals surface area contributed by atoms with Crippen molar-refractivity contribution in [1.82, 2.24) is 4.90 Å². The summed E-state index contributed by atoms with van der Waals surface area (Å²) in [5.74, 6) is 0.105. The van der Waals surface area contributed by atoms with Gasteiger partial charge in [0, 0.05) is 30.5 Å². The lowest BCUT2D eigenvalue weighted by Crippen LogP contribution is -2.34. The number of aliphatic hydroxyl groups excluding tert-OH is 1. The summed E-state index contributed by atoms with van der Waals surface area (Å²) in [5.41, 5.74) is 1.07. The van der Waals surface area contributed by atoms with E-state index in [9.17, 15) is 14.7 Å². The third-order valence-electron chi connectivity index (χ3n) is 5.51. The van der Waals surface area contributed by atoms with E-state index in [0.29, 0.717) is 37.3 Å². The van der Waals surface area contributed by atoms with Crippen molar-refractivity contribution in [3.05, 3.63) is 34.9 Å². The van der Waals surface area contributed by atoms with Crippen LogP contribution in [-0.4, -0.2) is 47.2 Å². The van der Waals surface area contributed by atoms with Crippen molar-refractivity contribution in [2.45, 2.75) is 83.3 Å². The van der Waals surface area contributed by atoms with Gasteiger partial charge < -0.3 is 14.7 Å². The Hall–Kier alpha value is -1.59. The number of aliphatic hydroxyl groups is 1. The molecule has 1 fully saturated rings. The standard InChI is InChI=1S/C23H34ClNO4/c1-2-29-23(28)7-5-3-4-6-16-25-20(13-15-22(25)27)12-14-21(26)17-18-8-10-19(24)11-9-18/h8-11,20-21,26H,2-7,12-17H2,1H3/t20-,21?/m0/s1. The molecule has 1 aliphatic rings. The molecular weight excluding hydrogens is 390 g/mol. The second kappa shape index (κ2) is 12.9. The highest BCUT2D eigenvalue weighted by atomic mass is 35.5. The average molecular weight is 424 g/mol. The van der Waals surface area contributed by atoms with E-state index in [1.165, 1.54) is 0 Å². The van der Waals surface area contributed by atoms with Gasteiger partial charge in [0.15, 0.2) is 0 Å². The van der Waals surface area contributed by atoms with Gasteiger partial charge in [-0.1, -0.05) is 36.6 Å². The van der Waals surface area contributed by atoms with Crippen LogP contribution in [0.25, 0.3) is 0 Å². The summed E-state index contributed by atoms with van der Waals surface area (Å²) in [6.07, 6.45) is 7.49. The molecule has 6 heteroatoms. The SMILES string of the molecule is CCOC(=O)CCCCCCN1C(=O)CC[C@@H]1CCC(O)Cc1ccc(Cl)cc1. The zero-order valence-corrected chi connectivity index (χ0v) is 18.2. The van der Waals surface area contributed by atoms with Crippen LogP contribution in [0, 0.1) is 0 Å². The van der Waals surface area contributed by atoms with Gasteiger partial charge in [0.05, 0.1) is 12.7 Å². The van der Waals surface area contributed by atoms with Crippen LogP contribution in [0.2, 0.25) is 5.02 Å². The first-order valence-electron chi connectivity index (χ1n) is 10.9. The van der Waals surface area contributed by atoms with E-state index >= 15 is 0 Å². The minimum Gasteiger partial charge on any atom is -0.466 e. The summed E-state index contributed by atoms with van der Waals surface area (Å²) in [5, 5.41) is 11.1. The van der Waals surface area contributed by atoms with Crippen molar-refractivity contribution >= 4 is 23.5 Å². The molecule has 2 atom stereocenters. The van der Waals surface area contributed by atoms with E-state index in [0.717, 1.165) is 50.6 Å². The molecule has 1 aromatic rings. The van der Waals surface area contributed by atoms with E-state index < -0.39 is 6.10 Å². The molecule has 0 saturated carbocycles. The topological polar surface area (TPSA) is 66.8 Å². The van der Waals surface area contributed by atoms with E-state index in [4.69, 9.17) is 16.3 Å². The summed E-state index contributed by atoms with van der Waals surface area (Å²) < 4.78 is 4.93. The summed E-state index contributed by atoms with van der Waals surface area (Å²) in [6, 6.07) is 7.81. The highest BCUT2D eigenvalue weighted by Crippen LogP contribution is 2.24. The highest BCUT2D eigenvalue weighted by molar-refractivity contribution is 6.30. The lowest BCUT2D eigenvalue weighted by molar-refractivity contribution is -0.143. The molecule has 0 spiro atoms. The van der Waals surface area contributed by atoms with Crippen LogP contribution in [0.1, 0.15) is 70.3 Å². The Kier molecular flexibility index (Phi) is 10.5. The van der Waals surface area contributed by atoms with Crippen LogP contribution in [0.15, 0.2) is 24.3 Å². The van der Waals surface area contributed by atoms with E-state index in [1.54, 1.807) is 0 Å². The number of nitrogens with zero attached hydrogens (tertiary/aromatic N) is 1. The Labute approximate surface area is 179 Å². The largest absolute Gasteiger partial charge is 0.466 e. The van der Waals surface area contributed by atoms with Gasteiger partial charge >= 0.3 is 5.97 Å². The van der Waals surface area contributed by atoms with Gasteiger partial charge in [-0.05, 0) is 63.1 Å². The zero-order valence-electron chi connectivity index (χ0n) is 17.4. The normalized spacial score (nSPS) is 17.6.